The lowest BCUT2D eigenvalue weighted by Crippen LogP contribution is -2.39. The van der Waals surface area contributed by atoms with E-state index in [1.807, 2.05) is 0 Å². The van der Waals surface area contributed by atoms with Gasteiger partial charge < -0.3 is 4.74 Å². The van der Waals surface area contributed by atoms with Crippen LogP contribution in [-0.4, -0.2) is 29.5 Å². The highest BCUT2D eigenvalue weighted by atomic mass is 16.6. The highest BCUT2D eigenvalue weighted by Gasteiger charge is 2.24. The maximum atomic E-state index is 11.4. The standard InChI is InChI=1S/C10H19NO3/c1-7(2)8(12)11(6)9(13)14-10(3,4)5/h7H,1-6H3. The van der Waals surface area contributed by atoms with Crippen molar-refractivity contribution in [1.82, 2.24) is 4.90 Å². The second kappa shape index (κ2) is 4.44. The highest BCUT2D eigenvalue weighted by molar-refractivity contribution is 5.92. The summed E-state index contributed by atoms with van der Waals surface area (Å²) in [4.78, 5) is 23.8. The van der Waals surface area contributed by atoms with E-state index in [-0.39, 0.29) is 11.8 Å². The van der Waals surface area contributed by atoms with Crippen LogP contribution in [0.5, 0.6) is 0 Å². The number of nitrogens with zero attached hydrogens (tertiary/aromatic N) is 1. The molecule has 0 saturated carbocycles. The van der Waals surface area contributed by atoms with Gasteiger partial charge in [-0.15, -0.1) is 0 Å². The number of rotatable bonds is 1. The Labute approximate surface area is 85.2 Å². The third-order valence-electron chi connectivity index (χ3n) is 1.49. The molecule has 2 amide bonds. The molecular weight excluding hydrogens is 182 g/mol. The fourth-order valence-electron chi connectivity index (χ4n) is 0.808. The topological polar surface area (TPSA) is 46.6 Å². The van der Waals surface area contributed by atoms with Crippen molar-refractivity contribution in [2.75, 3.05) is 7.05 Å². The van der Waals surface area contributed by atoms with Crippen LogP contribution < -0.4 is 0 Å². The maximum absolute atomic E-state index is 11.4. The van der Waals surface area contributed by atoms with Gasteiger partial charge >= 0.3 is 6.09 Å². The summed E-state index contributed by atoms with van der Waals surface area (Å²) in [6, 6.07) is 0. The van der Waals surface area contributed by atoms with Gasteiger partial charge in [0, 0.05) is 13.0 Å². The van der Waals surface area contributed by atoms with E-state index in [1.165, 1.54) is 7.05 Å². The molecule has 4 nitrogen and oxygen atoms in total. The summed E-state index contributed by atoms with van der Waals surface area (Å²) in [5, 5.41) is 0. The summed E-state index contributed by atoms with van der Waals surface area (Å²) in [6.07, 6.45) is -0.601. The van der Waals surface area contributed by atoms with Crippen LogP contribution in [0.2, 0.25) is 0 Å². The fraction of sp³-hybridized carbons (Fsp3) is 0.800. The van der Waals surface area contributed by atoms with Crippen LogP contribution in [0.25, 0.3) is 0 Å². The molecule has 0 N–H and O–H groups in total. The first-order valence-electron chi connectivity index (χ1n) is 4.65. The van der Waals surface area contributed by atoms with Crippen molar-refractivity contribution in [1.29, 1.82) is 0 Å². The molecule has 0 bridgehead atoms. The lowest BCUT2D eigenvalue weighted by atomic mass is 10.2. The van der Waals surface area contributed by atoms with Gasteiger partial charge in [-0.05, 0) is 20.8 Å². The van der Waals surface area contributed by atoms with Crippen LogP contribution in [0.15, 0.2) is 0 Å². The Morgan fingerprint density at radius 3 is 1.93 bits per heavy atom. The molecule has 0 aliphatic rings. The lowest BCUT2D eigenvalue weighted by Gasteiger charge is -2.24. The Bertz CT molecular complexity index is 228. The molecule has 0 fully saturated rings. The molecule has 0 unspecified atom stereocenters. The van der Waals surface area contributed by atoms with Gasteiger partial charge in [0.2, 0.25) is 5.91 Å². The SMILES string of the molecule is CC(C)C(=O)N(C)C(=O)OC(C)(C)C. The van der Waals surface area contributed by atoms with Gasteiger partial charge in [0.25, 0.3) is 0 Å². The van der Waals surface area contributed by atoms with Crippen LogP contribution in [-0.2, 0) is 9.53 Å². The van der Waals surface area contributed by atoms with Gasteiger partial charge in [0.1, 0.15) is 5.60 Å². The zero-order valence-electron chi connectivity index (χ0n) is 9.75. The van der Waals surface area contributed by atoms with Gasteiger partial charge in [0.05, 0.1) is 0 Å². The Morgan fingerprint density at radius 2 is 1.64 bits per heavy atom. The van der Waals surface area contributed by atoms with E-state index in [4.69, 9.17) is 4.74 Å². The van der Waals surface area contributed by atoms with E-state index >= 15 is 0 Å². The average Bonchev–Trinajstić information content (AvgIpc) is 1.98. The normalized spacial score (nSPS) is 11.4. The monoisotopic (exact) mass is 201 g/mol. The average molecular weight is 201 g/mol. The van der Waals surface area contributed by atoms with Crippen LogP contribution in [0.3, 0.4) is 0 Å². The third kappa shape index (κ3) is 4.25. The van der Waals surface area contributed by atoms with Crippen molar-refractivity contribution < 1.29 is 14.3 Å². The number of hydrogen-bond acceptors (Lipinski definition) is 3. The maximum Gasteiger partial charge on any atom is 0.416 e. The van der Waals surface area contributed by atoms with Crippen molar-refractivity contribution in [3.8, 4) is 0 Å². The predicted octanol–water partition coefficient (Wildman–Crippen LogP) is 2.04. The smallest absolute Gasteiger partial charge is 0.416 e. The summed E-state index contributed by atoms with van der Waals surface area (Å²) in [6.45, 7) is 8.77. The highest BCUT2D eigenvalue weighted by Crippen LogP contribution is 2.10. The van der Waals surface area contributed by atoms with Gasteiger partial charge in [-0.3, -0.25) is 9.69 Å². The first-order chi connectivity index (χ1) is 6.15. The van der Waals surface area contributed by atoms with Crippen molar-refractivity contribution in [2.24, 2.45) is 5.92 Å². The molecule has 14 heavy (non-hydrogen) atoms. The van der Waals surface area contributed by atoms with Gasteiger partial charge in [0.15, 0.2) is 0 Å². The molecule has 0 rings (SSSR count). The second-order valence-corrected chi connectivity index (χ2v) is 4.53. The molecular formula is C10H19NO3. The zero-order chi connectivity index (χ0) is 11.5. The summed E-state index contributed by atoms with van der Waals surface area (Å²) >= 11 is 0. The van der Waals surface area contributed by atoms with E-state index in [9.17, 15) is 9.59 Å². The number of carbonyl (C=O) groups excluding carboxylic acids is 2. The second-order valence-electron chi connectivity index (χ2n) is 4.53. The van der Waals surface area contributed by atoms with Crippen molar-refractivity contribution in [2.45, 2.75) is 40.2 Å². The van der Waals surface area contributed by atoms with Gasteiger partial charge in [-0.25, -0.2) is 4.79 Å². The minimum Gasteiger partial charge on any atom is -0.443 e. The summed E-state index contributed by atoms with van der Waals surface area (Å²) in [7, 11) is 1.43. The van der Waals surface area contributed by atoms with Crippen LogP contribution in [0.4, 0.5) is 4.79 Å². The minimum absolute atomic E-state index is 0.201. The van der Waals surface area contributed by atoms with Crippen molar-refractivity contribution in [3.63, 3.8) is 0 Å². The quantitative estimate of drug-likeness (QED) is 0.652. The van der Waals surface area contributed by atoms with E-state index in [0.29, 0.717) is 0 Å². The lowest BCUT2D eigenvalue weighted by molar-refractivity contribution is -0.132. The number of amides is 2. The van der Waals surface area contributed by atoms with Gasteiger partial charge in [-0.1, -0.05) is 13.8 Å². The number of ether oxygens (including phenoxy) is 1. The third-order valence-corrected chi connectivity index (χ3v) is 1.49. The molecule has 0 aromatic rings. The molecule has 0 radical (unpaired) electrons. The van der Waals surface area contributed by atoms with Crippen molar-refractivity contribution in [3.05, 3.63) is 0 Å². The molecule has 0 spiro atoms. The number of carbonyl (C=O) groups is 2. The fourth-order valence-corrected chi connectivity index (χ4v) is 0.808. The molecule has 82 valence electrons. The Kier molecular flexibility index (Phi) is 4.10. The number of imide groups is 1. The Hall–Kier alpha value is -1.06. The van der Waals surface area contributed by atoms with Crippen LogP contribution >= 0.6 is 0 Å². The number of hydrogen-bond donors (Lipinski definition) is 0. The molecule has 0 aliphatic heterocycles. The largest absolute Gasteiger partial charge is 0.443 e. The van der Waals surface area contributed by atoms with Crippen LogP contribution in [0, 0.1) is 5.92 Å². The summed E-state index contributed by atoms with van der Waals surface area (Å²) in [5.41, 5.74) is -0.567. The van der Waals surface area contributed by atoms with Crippen LogP contribution in [0.1, 0.15) is 34.6 Å². The Morgan fingerprint density at radius 1 is 1.21 bits per heavy atom. The van der Waals surface area contributed by atoms with E-state index in [2.05, 4.69) is 0 Å². The first-order valence-corrected chi connectivity index (χ1v) is 4.65. The van der Waals surface area contributed by atoms with E-state index < -0.39 is 11.7 Å². The first kappa shape index (κ1) is 12.9. The summed E-state index contributed by atoms with van der Waals surface area (Å²) in [5.74, 6) is -0.438. The molecule has 0 saturated heterocycles. The molecule has 0 atom stereocenters. The predicted molar refractivity (Wildman–Crippen MR) is 53.8 cm³/mol. The van der Waals surface area contributed by atoms with E-state index in [1.54, 1.807) is 34.6 Å². The molecule has 4 heteroatoms. The zero-order valence-corrected chi connectivity index (χ0v) is 9.75. The summed E-state index contributed by atoms with van der Waals surface area (Å²) < 4.78 is 5.04. The van der Waals surface area contributed by atoms with E-state index in [0.717, 1.165) is 4.90 Å². The molecule has 0 aromatic heterocycles. The molecule has 0 aliphatic carbocycles. The Balaban J connectivity index is 4.34. The molecule has 0 heterocycles. The van der Waals surface area contributed by atoms with Gasteiger partial charge in [-0.2, -0.15) is 0 Å². The minimum atomic E-state index is -0.601. The molecule has 0 aromatic carbocycles. The van der Waals surface area contributed by atoms with Crippen molar-refractivity contribution >= 4 is 12.0 Å².